The van der Waals surface area contributed by atoms with E-state index in [9.17, 15) is 19.7 Å². The normalized spacial score (nSPS) is 13.6. The molecule has 0 radical (unpaired) electrons. The molecule has 0 unspecified atom stereocenters. The zero-order chi connectivity index (χ0) is 31.9. The monoisotopic (exact) mass is 590 g/mol. The number of phosphoric acid groups is 1. The molecule has 0 aliphatic rings. The van der Waals surface area contributed by atoms with E-state index in [1.165, 1.54) is 0 Å². The first-order chi connectivity index (χ1) is 18.4. The van der Waals surface area contributed by atoms with Crippen LogP contribution in [0.5, 0.6) is 11.5 Å². The zero-order valence-electron chi connectivity index (χ0n) is 28.0. The summed E-state index contributed by atoms with van der Waals surface area (Å²) in [4.78, 5) is 10.8. The molecule has 0 atom stereocenters. The topological polar surface area (TPSA) is 96.2 Å². The first-order valence-corrected chi connectivity index (χ1v) is 16.3. The Kier molecular flexibility index (Phi) is 10.4. The van der Waals surface area contributed by atoms with E-state index >= 15 is 0 Å². The van der Waals surface area contributed by atoms with E-state index in [2.05, 4.69) is 41.5 Å². The van der Waals surface area contributed by atoms with E-state index in [1.54, 1.807) is 0 Å². The minimum Gasteiger partial charge on any atom is -0.507 e. The highest BCUT2D eigenvalue weighted by molar-refractivity contribution is 7.47. The van der Waals surface area contributed by atoms with Gasteiger partial charge < -0.3 is 15.1 Å². The van der Waals surface area contributed by atoms with Gasteiger partial charge >= 0.3 is 7.82 Å². The Bertz CT molecular complexity index is 1200. The maximum Gasteiger partial charge on any atom is 0.472 e. The number of hydrogen-bond acceptors (Lipinski definition) is 5. The number of aromatic hydroxyl groups is 2. The van der Waals surface area contributed by atoms with Crippen molar-refractivity contribution in [2.45, 2.75) is 145 Å². The fourth-order valence-electron chi connectivity index (χ4n) is 5.70. The molecule has 7 heteroatoms. The number of phosphoric ester groups is 1. The molecule has 0 heterocycles. The Morgan fingerprint density at radius 3 is 1.12 bits per heavy atom. The van der Waals surface area contributed by atoms with Crippen LogP contribution in [-0.4, -0.2) is 15.1 Å². The van der Waals surface area contributed by atoms with Gasteiger partial charge in [0.2, 0.25) is 0 Å². The number of phenolic OH excluding ortho intramolecular Hbond substituents is 2. The minimum absolute atomic E-state index is 0.125. The maximum absolute atomic E-state index is 13.2. The van der Waals surface area contributed by atoms with Crippen molar-refractivity contribution in [1.82, 2.24) is 0 Å². The van der Waals surface area contributed by atoms with Crippen molar-refractivity contribution in [3.05, 3.63) is 56.6 Å². The van der Waals surface area contributed by atoms with Crippen LogP contribution in [-0.2, 0) is 61.3 Å². The molecule has 0 aliphatic heterocycles. The van der Waals surface area contributed by atoms with Gasteiger partial charge in [0.15, 0.2) is 0 Å². The van der Waals surface area contributed by atoms with E-state index in [4.69, 9.17) is 9.05 Å². The Hall–Kier alpha value is -1.85. The fourth-order valence-corrected chi connectivity index (χ4v) is 6.38. The second kappa shape index (κ2) is 12.0. The van der Waals surface area contributed by atoms with E-state index in [-0.39, 0.29) is 46.4 Å². The SMILES string of the molecule is CCc1c(COP(=O)(O)OCc2cc(C(C)(C)C)c(O)c(C(C)(C)C)c2CC)cc(C(C)(C)C)c(O)c1C(C)(C)C. The molecule has 0 amide bonds. The van der Waals surface area contributed by atoms with Crippen LogP contribution in [0.25, 0.3) is 0 Å². The highest BCUT2D eigenvalue weighted by atomic mass is 31.2. The van der Waals surface area contributed by atoms with E-state index in [0.717, 1.165) is 44.5 Å². The summed E-state index contributed by atoms with van der Waals surface area (Å²) in [5.74, 6) is 0.551. The molecule has 2 rings (SSSR count). The quantitative estimate of drug-likeness (QED) is 0.265. The fraction of sp³-hybridized carbons (Fsp3) is 0.647. The van der Waals surface area contributed by atoms with Crippen LogP contribution < -0.4 is 0 Å². The Balaban J connectivity index is 2.50. The van der Waals surface area contributed by atoms with Crippen molar-refractivity contribution >= 4 is 7.82 Å². The third-order valence-corrected chi connectivity index (χ3v) is 8.50. The molecule has 0 aromatic heterocycles. The summed E-state index contributed by atoms with van der Waals surface area (Å²) in [6.45, 7) is 28.3. The van der Waals surface area contributed by atoms with Crippen LogP contribution in [0.15, 0.2) is 12.1 Å². The van der Waals surface area contributed by atoms with Gasteiger partial charge in [0.1, 0.15) is 11.5 Å². The molecule has 0 spiro atoms. The predicted octanol–water partition coefficient (Wildman–Crippen LogP) is 9.25. The van der Waals surface area contributed by atoms with E-state index < -0.39 is 7.82 Å². The summed E-state index contributed by atoms with van der Waals surface area (Å²) < 4.78 is 24.4. The number of hydrogen-bond donors (Lipinski definition) is 3. The van der Waals surface area contributed by atoms with Gasteiger partial charge in [-0.2, -0.15) is 0 Å². The largest absolute Gasteiger partial charge is 0.507 e. The lowest BCUT2D eigenvalue weighted by molar-refractivity contribution is 0.136. The first-order valence-electron chi connectivity index (χ1n) is 14.8. The molecule has 232 valence electrons. The lowest BCUT2D eigenvalue weighted by Crippen LogP contribution is -2.21. The van der Waals surface area contributed by atoms with Crippen LogP contribution in [0.3, 0.4) is 0 Å². The predicted molar refractivity (Wildman–Crippen MR) is 169 cm³/mol. The average molecular weight is 591 g/mol. The summed E-state index contributed by atoms with van der Waals surface area (Å²) in [6.07, 6.45) is 1.27. The summed E-state index contributed by atoms with van der Waals surface area (Å²) in [6, 6.07) is 3.79. The maximum atomic E-state index is 13.2. The molecular formula is C34H55O6P. The van der Waals surface area contributed by atoms with Gasteiger partial charge in [-0.05, 0) is 80.0 Å². The first kappa shape index (κ1) is 35.3. The Morgan fingerprint density at radius 1 is 0.610 bits per heavy atom. The Morgan fingerprint density at radius 2 is 0.902 bits per heavy atom. The molecule has 0 saturated carbocycles. The van der Waals surface area contributed by atoms with Gasteiger partial charge in [0.05, 0.1) is 13.2 Å². The molecule has 2 aromatic carbocycles. The van der Waals surface area contributed by atoms with Crippen LogP contribution in [0.2, 0.25) is 0 Å². The average Bonchev–Trinajstić information content (AvgIpc) is 2.78. The number of benzene rings is 2. The van der Waals surface area contributed by atoms with Gasteiger partial charge in [0.25, 0.3) is 0 Å². The van der Waals surface area contributed by atoms with Gasteiger partial charge in [-0.1, -0.05) is 96.9 Å². The Labute approximate surface area is 249 Å². The van der Waals surface area contributed by atoms with Gasteiger partial charge in [-0.25, -0.2) is 4.57 Å². The summed E-state index contributed by atoms with van der Waals surface area (Å²) in [5.41, 5.74) is 5.22. The molecule has 41 heavy (non-hydrogen) atoms. The van der Waals surface area contributed by atoms with Crippen LogP contribution in [0.4, 0.5) is 0 Å². The molecule has 0 bridgehead atoms. The van der Waals surface area contributed by atoms with Crippen LogP contribution in [0.1, 0.15) is 141 Å². The zero-order valence-corrected chi connectivity index (χ0v) is 28.9. The second-order valence-corrected chi connectivity index (χ2v) is 16.7. The molecule has 0 fully saturated rings. The van der Waals surface area contributed by atoms with Gasteiger partial charge in [0, 0.05) is 11.1 Å². The smallest absolute Gasteiger partial charge is 0.472 e. The molecular weight excluding hydrogens is 535 g/mol. The van der Waals surface area contributed by atoms with E-state index in [1.807, 2.05) is 67.5 Å². The van der Waals surface area contributed by atoms with Crippen LogP contribution >= 0.6 is 7.82 Å². The summed E-state index contributed by atoms with van der Waals surface area (Å²) >= 11 is 0. The molecule has 6 nitrogen and oxygen atoms in total. The van der Waals surface area contributed by atoms with Crippen molar-refractivity contribution in [1.29, 1.82) is 0 Å². The van der Waals surface area contributed by atoms with Crippen molar-refractivity contribution in [2.75, 3.05) is 0 Å². The highest BCUT2D eigenvalue weighted by Crippen LogP contribution is 2.49. The van der Waals surface area contributed by atoms with Crippen molar-refractivity contribution in [2.24, 2.45) is 0 Å². The minimum atomic E-state index is -4.46. The third-order valence-electron chi connectivity index (χ3n) is 7.59. The van der Waals surface area contributed by atoms with Crippen molar-refractivity contribution in [3.63, 3.8) is 0 Å². The standard InChI is InChI=1S/C34H55O6P/c1-15-23-21(17-25(31(3,4)5)29(35)27(23)33(9,10)11)19-39-41(37,38)40-20-22-18-26(32(6,7)8)30(36)28(24(22)16-2)34(12,13)14/h17-18,35-36H,15-16,19-20H2,1-14H3,(H,37,38). The second-order valence-electron chi connectivity index (χ2n) is 15.3. The van der Waals surface area contributed by atoms with Gasteiger partial charge in [-0.3, -0.25) is 9.05 Å². The van der Waals surface area contributed by atoms with E-state index in [0.29, 0.717) is 12.8 Å². The van der Waals surface area contributed by atoms with Crippen molar-refractivity contribution in [3.8, 4) is 11.5 Å². The van der Waals surface area contributed by atoms with Crippen LogP contribution in [0, 0.1) is 0 Å². The lowest BCUT2D eigenvalue weighted by Gasteiger charge is -2.31. The number of phenols is 2. The molecule has 0 saturated heterocycles. The third kappa shape index (κ3) is 8.16. The summed E-state index contributed by atoms with van der Waals surface area (Å²) in [7, 11) is -4.46. The number of rotatable bonds is 8. The molecule has 3 N–H and O–H groups in total. The lowest BCUT2D eigenvalue weighted by atomic mass is 9.75. The highest BCUT2D eigenvalue weighted by Gasteiger charge is 2.33. The summed E-state index contributed by atoms with van der Waals surface area (Å²) in [5, 5.41) is 22.6. The van der Waals surface area contributed by atoms with Crippen molar-refractivity contribution < 1.29 is 28.7 Å². The molecule has 2 aromatic rings. The molecule has 0 aliphatic carbocycles. The van der Waals surface area contributed by atoms with Gasteiger partial charge in [-0.15, -0.1) is 0 Å².